The summed E-state index contributed by atoms with van der Waals surface area (Å²) in [6, 6.07) is 2.24. The number of hydrogen-bond acceptors (Lipinski definition) is 2. The molecule has 0 aliphatic carbocycles. The Hall–Kier alpha value is -0.340. The van der Waals surface area contributed by atoms with Gasteiger partial charge in [0.25, 0.3) is 0 Å². The SMILES string of the molecule is CNCC(C)(CCc1ccsc1)C(C)C. The third kappa shape index (κ3) is 3.62. The molecule has 1 aromatic rings. The van der Waals surface area contributed by atoms with Crippen molar-refractivity contribution in [1.29, 1.82) is 0 Å². The maximum absolute atomic E-state index is 3.32. The predicted octanol–water partition coefficient (Wildman–Crippen LogP) is 3.56. The van der Waals surface area contributed by atoms with Crippen LogP contribution in [0.25, 0.3) is 0 Å². The van der Waals surface area contributed by atoms with Crippen molar-refractivity contribution in [2.75, 3.05) is 13.6 Å². The number of thiophene rings is 1. The largest absolute Gasteiger partial charge is 0.319 e. The van der Waals surface area contributed by atoms with Gasteiger partial charge in [-0.15, -0.1) is 0 Å². The van der Waals surface area contributed by atoms with Crippen molar-refractivity contribution in [2.45, 2.75) is 33.6 Å². The molecule has 0 fully saturated rings. The van der Waals surface area contributed by atoms with Gasteiger partial charge < -0.3 is 5.32 Å². The monoisotopic (exact) mass is 225 g/mol. The Morgan fingerprint density at radius 2 is 2.20 bits per heavy atom. The second-order valence-corrected chi connectivity index (χ2v) is 5.75. The molecule has 86 valence electrons. The summed E-state index contributed by atoms with van der Waals surface area (Å²) in [5.74, 6) is 0.726. The van der Waals surface area contributed by atoms with Crippen LogP contribution in [0.15, 0.2) is 16.8 Å². The zero-order chi connectivity index (χ0) is 11.3. The van der Waals surface area contributed by atoms with Gasteiger partial charge in [-0.3, -0.25) is 0 Å². The topological polar surface area (TPSA) is 12.0 Å². The van der Waals surface area contributed by atoms with E-state index in [2.05, 4.69) is 42.9 Å². The van der Waals surface area contributed by atoms with E-state index in [0.29, 0.717) is 5.41 Å². The van der Waals surface area contributed by atoms with Gasteiger partial charge in [-0.25, -0.2) is 0 Å². The minimum Gasteiger partial charge on any atom is -0.319 e. The van der Waals surface area contributed by atoms with Crippen molar-refractivity contribution in [1.82, 2.24) is 5.32 Å². The molecule has 0 saturated carbocycles. The van der Waals surface area contributed by atoms with Crippen LogP contribution in [-0.4, -0.2) is 13.6 Å². The average molecular weight is 225 g/mol. The van der Waals surface area contributed by atoms with Crippen molar-refractivity contribution in [3.05, 3.63) is 22.4 Å². The quantitative estimate of drug-likeness (QED) is 0.780. The summed E-state index contributed by atoms with van der Waals surface area (Å²) in [5, 5.41) is 7.75. The number of nitrogens with one attached hydrogen (secondary N) is 1. The van der Waals surface area contributed by atoms with Crippen LogP contribution in [0.2, 0.25) is 0 Å². The summed E-state index contributed by atoms with van der Waals surface area (Å²) in [6.07, 6.45) is 2.47. The van der Waals surface area contributed by atoms with E-state index >= 15 is 0 Å². The van der Waals surface area contributed by atoms with Gasteiger partial charge in [-0.05, 0) is 53.6 Å². The van der Waals surface area contributed by atoms with Gasteiger partial charge in [0.05, 0.1) is 0 Å². The highest BCUT2D eigenvalue weighted by Crippen LogP contribution is 2.31. The summed E-state index contributed by atoms with van der Waals surface area (Å²) in [4.78, 5) is 0. The molecule has 1 unspecified atom stereocenters. The lowest BCUT2D eigenvalue weighted by molar-refractivity contribution is 0.196. The van der Waals surface area contributed by atoms with Crippen molar-refractivity contribution in [2.24, 2.45) is 11.3 Å². The first kappa shape index (κ1) is 12.7. The van der Waals surface area contributed by atoms with Crippen LogP contribution in [0, 0.1) is 11.3 Å². The lowest BCUT2D eigenvalue weighted by Crippen LogP contribution is -2.34. The fraction of sp³-hybridized carbons (Fsp3) is 0.692. The summed E-state index contributed by atoms with van der Waals surface area (Å²) >= 11 is 1.80. The van der Waals surface area contributed by atoms with Gasteiger partial charge in [0.2, 0.25) is 0 Å². The van der Waals surface area contributed by atoms with Crippen LogP contribution >= 0.6 is 11.3 Å². The van der Waals surface area contributed by atoms with Crippen molar-refractivity contribution in [3.8, 4) is 0 Å². The Morgan fingerprint density at radius 1 is 1.47 bits per heavy atom. The first-order valence-electron chi connectivity index (χ1n) is 5.74. The van der Waals surface area contributed by atoms with Gasteiger partial charge >= 0.3 is 0 Å². The molecule has 1 atom stereocenters. The second-order valence-electron chi connectivity index (χ2n) is 4.97. The van der Waals surface area contributed by atoms with E-state index in [1.165, 1.54) is 18.4 Å². The Kier molecular flexibility index (Phi) is 4.81. The van der Waals surface area contributed by atoms with E-state index < -0.39 is 0 Å². The molecule has 0 spiro atoms. The van der Waals surface area contributed by atoms with E-state index in [1.807, 2.05) is 7.05 Å². The maximum atomic E-state index is 3.32. The first-order chi connectivity index (χ1) is 7.08. The van der Waals surface area contributed by atoms with Gasteiger partial charge in [0.15, 0.2) is 0 Å². The van der Waals surface area contributed by atoms with Crippen LogP contribution in [-0.2, 0) is 6.42 Å². The molecule has 0 aliphatic heterocycles. The van der Waals surface area contributed by atoms with E-state index in [4.69, 9.17) is 0 Å². The molecular formula is C13H23NS. The van der Waals surface area contributed by atoms with E-state index in [9.17, 15) is 0 Å². The third-order valence-corrected chi connectivity index (χ3v) is 4.27. The zero-order valence-corrected chi connectivity index (χ0v) is 11.2. The standard InChI is InChI=1S/C13H23NS/c1-11(2)13(3,10-14-4)7-5-12-6-8-15-9-12/h6,8-9,11,14H,5,7,10H2,1-4H3. The van der Waals surface area contributed by atoms with E-state index in [1.54, 1.807) is 11.3 Å². The number of hydrogen-bond donors (Lipinski definition) is 1. The molecule has 0 radical (unpaired) electrons. The van der Waals surface area contributed by atoms with Crippen molar-refractivity contribution < 1.29 is 0 Å². The van der Waals surface area contributed by atoms with Gasteiger partial charge in [-0.1, -0.05) is 20.8 Å². The van der Waals surface area contributed by atoms with Crippen LogP contribution in [0.5, 0.6) is 0 Å². The normalized spacial score (nSPS) is 15.5. The highest BCUT2D eigenvalue weighted by molar-refractivity contribution is 7.07. The molecule has 0 amide bonds. The minimum atomic E-state index is 0.413. The lowest BCUT2D eigenvalue weighted by Gasteiger charge is -2.33. The number of aryl methyl sites for hydroxylation is 1. The molecule has 1 nitrogen and oxygen atoms in total. The molecule has 2 heteroatoms. The predicted molar refractivity (Wildman–Crippen MR) is 69.5 cm³/mol. The van der Waals surface area contributed by atoms with Crippen LogP contribution in [0.4, 0.5) is 0 Å². The molecular weight excluding hydrogens is 202 g/mol. The fourth-order valence-corrected chi connectivity index (χ4v) is 2.55. The van der Waals surface area contributed by atoms with Crippen molar-refractivity contribution in [3.63, 3.8) is 0 Å². The van der Waals surface area contributed by atoms with Gasteiger partial charge in [-0.2, -0.15) is 11.3 Å². The molecule has 0 bridgehead atoms. The van der Waals surface area contributed by atoms with Crippen LogP contribution < -0.4 is 5.32 Å². The highest BCUT2D eigenvalue weighted by Gasteiger charge is 2.26. The molecule has 0 aliphatic rings. The Bertz CT molecular complexity index is 266. The highest BCUT2D eigenvalue weighted by atomic mass is 32.1. The summed E-state index contributed by atoms with van der Waals surface area (Å²) in [6.45, 7) is 8.14. The molecule has 1 rings (SSSR count). The lowest BCUT2D eigenvalue weighted by atomic mass is 9.75. The minimum absolute atomic E-state index is 0.413. The Balaban J connectivity index is 2.52. The molecule has 1 heterocycles. The van der Waals surface area contributed by atoms with Crippen molar-refractivity contribution >= 4 is 11.3 Å². The fourth-order valence-electron chi connectivity index (χ4n) is 1.85. The van der Waals surface area contributed by atoms with E-state index in [-0.39, 0.29) is 0 Å². The second kappa shape index (κ2) is 5.66. The molecule has 1 aromatic heterocycles. The first-order valence-corrected chi connectivity index (χ1v) is 6.68. The van der Waals surface area contributed by atoms with Gasteiger partial charge in [0.1, 0.15) is 0 Å². The summed E-state index contributed by atoms with van der Waals surface area (Å²) in [7, 11) is 2.05. The summed E-state index contributed by atoms with van der Waals surface area (Å²) < 4.78 is 0. The maximum Gasteiger partial charge on any atom is 0.000472 e. The van der Waals surface area contributed by atoms with Crippen LogP contribution in [0.1, 0.15) is 32.8 Å². The third-order valence-electron chi connectivity index (χ3n) is 3.54. The van der Waals surface area contributed by atoms with Crippen LogP contribution in [0.3, 0.4) is 0 Å². The molecule has 15 heavy (non-hydrogen) atoms. The average Bonchev–Trinajstić information content (AvgIpc) is 2.67. The molecule has 0 aromatic carbocycles. The smallest absolute Gasteiger partial charge is 0.000472 e. The zero-order valence-electron chi connectivity index (χ0n) is 10.3. The Morgan fingerprint density at radius 3 is 2.67 bits per heavy atom. The van der Waals surface area contributed by atoms with E-state index in [0.717, 1.165) is 12.5 Å². The summed E-state index contributed by atoms with van der Waals surface area (Å²) in [5.41, 5.74) is 1.90. The van der Waals surface area contributed by atoms with Gasteiger partial charge in [0, 0.05) is 6.54 Å². The molecule has 1 N–H and O–H groups in total. The molecule has 0 saturated heterocycles. The number of rotatable bonds is 6. The Labute approximate surface area is 97.9 Å².